The van der Waals surface area contributed by atoms with Crippen LogP contribution >= 0.6 is 0 Å². The number of hydrogen-bond donors (Lipinski definition) is 1. The minimum Gasteiger partial charge on any atom is -0.367 e. The quantitative estimate of drug-likeness (QED) is 0.890. The minimum absolute atomic E-state index is 0.150. The Balaban J connectivity index is 2.15. The summed E-state index contributed by atoms with van der Waals surface area (Å²) in [5.74, 6) is 0. The van der Waals surface area contributed by atoms with E-state index in [9.17, 15) is 0 Å². The van der Waals surface area contributed by atoms with Gasteiger partial charge in [0.1, 0.15) is 0 Å². The molecule has 1 fully saturated rings. The maximum Gasteiger partial charge on any atom is 0.0600 e. The summed E-state index contributed by atoms with van der Waals surface area (Å²) in [5, 5.41) is 3.56. The summed E-state index contributed by atoms with van der Waals surface area (Å²) < 4.78 is 0. The third kappa shape index (κ3) is 3.22. The van der Waals surface area contributed by atoms with Crippen LogP contribution in [0.4, 0.5) is 5.69 Å². The highest BCUT2D eigenvalue weighted by atomic mass is 15.2. The standard InChI is InChI=1S/C15H25N3/c1-12-6-5-9-18(12)14-11-16-8-7-13(14)10-17-15(2,3)4/h7-8,11-12,17H,5-6,9-10H2,1-4H3. The van der Waals surface area contributed by atoms with Crippen molar-refractivity contribution in [2.75, 3.05) is 11.4 Å². The monoisotopic (exact) mass is 247 g/mol. The second-order valence-corrected chi connectivity index (χ2v) is 6.29. The summed E-state index contributed by atoms with van der Waals surface area (Å²) in [4.78, 5) is 6.79. The smallest absolute Gasteiger partial charge is 0.0600 e. The topological polar surface area (TPSA) is 28.2 Å². The fourth-order valence-electron chi connectivity index (χ4n) is 2.47. The molecule has 3 nitrogen and oxygen atoms in total. The van der Waals surface area contributed by atoms with E-state index in [1.54, 1.807) is 0 Å². The predicted molar refractivity (Wildman–Crippen MR) is 76.9 cm³/mol. The van der Waals surface area contributed by atoms with Gasteiger partial charge in [-0.2, -0.15) is 0 Å². The van der Waals surface area contributed by atoms with Crippen molar-refractivity contribution in [3.05, 3.63) is 24.0 Å². The second kappa shape index (κ2) is 5.27. The van der Waals surface area contributed by atoms with Crippen molar-refractivity contribution in [1.82, 2.24) is 10.3 Å². The van der Waals surface area contributed by atoms with Crippen LogP contribution in [0, 0.1) is 0 Å². The molecule has 0 amide bonds. The molecular weight excluding hydrogens is 222 g/mol. The Bertz CT molecular complexity index is 395. The average Bonchev–Trinajstić information content (AvgIpc) is 2.72. The zero-order valence-electron chi connectivity index (χ0n) is 12.0. The Kier molecular flexibility index (Phi) is 3.91. The summed E-state index contributed by atoms with van der Waals surface area (Å²) >= 11 is 0. The van der Waals surface area contributed by atoms with E-state index in [1.165, 1.54) is 24.1 Å². The van der Waals surface area contributed by atoms with Crippen molar-refractivity contribution in [2.45, 2.75) is 58.7 Å². The van der Waals surface area contributed by atoms with Crippen molar-refractivity contribution in [3.8, 4) is 0 Å². The van der Waals surface area contributed by atoms with E-state index in [1.807, 2.05) is 12.4 Å². The third-order valence-electron chi connectivity index (χ3n) is 3.56. The number of aromatic nitrogens is 1. The first-order chi connectivity index (χ1) is 8.47. The Hall–Kier alpha value is -1.09. The van der Waals surface area contributed by atoms with Crippen molar-refractivity contribution < 1.29 is 0 Å². The first-order valence-electron chi connectivity index (χ1n) is 6.92. The summed E-state index contributed by atoms with van der Waals surface area (Å²) in [5.41, 5.74) is 2.81. The summed E-state index contributed by atoms with van der Waals surface area (Å²) in [7, 11) is 0. The molecule has 100 valence electrons. The largest absolute Gasteiger partial charge is 0.367 e. The van der Waals surface area contributed by atoms with Gasteiger partial charge in [0.25, 0.3) is 0 Å². The number of pyridine rings is 1. The van der Waals surface area contributed by atoms with Crippen LogP contribution in [0.5, 0.6) is 0 Å². The molecule has 0 aliphatic carbocycles. The Labute approximate surface area is 111 Å². The highest BCUT2D eigenvalue weighted by molar-refractivity contribution is 5.53. The van der Waals surface area contributed by atoms with Crippen molar-refractivity contribution >= 4 is 5.69 Å². The summed E-state index contributed by atoms with van der Waals surface area (Å²) in [6, 6.07) is 2.78. The van der Waals surface area contributed by atoms with Gasteiger partial charge in [0.2, 0.25) is 0 Å². The van der Waals surface area contributed by atoms with Gasteiger partial charge in [-0.15, -0.1) is 0 Å². The lowest BCUT2D eigenvalue weighted by Crippen LogP contribution is -2.36. The van der Waals surface area contributed by atoms with Gasteiger partial charge in [0.15, 0.2) is 0 Å². The molecule has 3 heteroatoms. The zero-order valence-corrected chi connectivity index (χ0v) is 12.0. The van der Waals surface area contributed by atoms with Gasteiger partial charge in [-0.1, -0.05) is 0 Å². The third-order valence-corrected chi connectivity index (χ3v) is 3.56. The molecule has 0 bridgehead atoms. The fraction of sp³-hybridized carbons (Fsp3) is 0.667. The van der Waals surface area contributed by atoms with E-state index in [4.69, 9.17) is 0 Å². The first-order valence-corrected chi connectivity index (χ1v) is 6.92. The van der Waals surface area contributed by atoms with Gasteiger partial charge in [-0.3, -0.25) is 4.98 Å². The molecule has 0 aromatic carbocycles. The normalized spacial score (nSPS) is 20.4. The van der Waals surface area contributed by atoms with E-state index >= 15 is 0 Å². The van der Waals surface area contributed by atoms with E-state index < -0.39 is 0 Å². The maximum atomic E-state index is 4.30. The molecule has 18 heavy (non-hydrogen) atoms. The van der Waals surface area contributed by atoms with Crippen LogP contribution in [0.3, 0.4) is 0 Å². The molecule has 1 aliphatic rings. The molecule has 1 unspecified atom stereocenters. The molecule has 1 atom stereocenters. The number of rotatable bonds is 3. The molecule has 2 heterocycles. The van der Waals surface area contributed by atoms with Crippen LogP contribution in [0.25, 0.3) is 0 Å². The summed E-state index contributed by atoms with van der Waals surface area (Å²) in [6.07, 6.45) is 6.49. The Morgan fingerprint density at radius 2 is 2.22 bits per heavy atom. The second-order valence-electron chi connectivity index (χ2n) is 6.29. The molecule has 1 saturated heterocycles. The van der Waals surface area contributed by atoms with E-state index in [-0.39, 0.29) is 5.54 Å². The summed E-state index contributed by atoms with van der Waals surface area (Å²) in [6.45, 7) is 11.0. The van der Waals surface area contributed by atoms with Gasteiger partial charge < -0.3 is 10.2 Å². The Morgan fingerprint density at radius 3 is 2.83 bits per heavy atom. The van der Waals surface area contributed by atoms with Crippen LogP contribution in [0.2, 0.25) is 0 Å². The lowest BCUT2D eigenvalue weighted by atomic mass is 10.1. The molecular formula is C15H25N3. The predicted octanol–water partition coefficient (Wildman–Crippen LogP) is 2.96. The molecule has 1 aromatic heterocycles. The van der Waals surface area contributed by atoms with E-state index in [0.29, 0.717) is 6.04 Å². The van der Waals surface area contributed by atoms with Crippen LogP contribution < -0.4 is 10.2 Å². The van der Waals surface area contributed by atoms with E-state index in [0.717, 1.165) is 13.1 Å². The van der Waals surface area contributed by atoms with Gasteiger partial charge in [0, 0.05) is 30.9 Å². The van der Waals surface area contributed by atoms with Crippen molar-refractivity contribution in [1.29, 1.82) is 0 Å². The van der Waals surface area contributed by atoms with E-state index in [2.05, 4.69) is 49.0 Å². The lowest BCUT2D eigenvalue weighted by Gasteiger charge is -2.27. The van der Waals surface area contributed by atoms with Gasteiger partial charge in [0.05, 0.1) is 11.9 Å². The molecule has 0 saturated carbocycles. The van der Waals surface area contributed by atoms with Gasteiger partial charge in [-0.25, -0.2) is 0 Å². The SMILES string of the molecule is CC1CCCN1c1cnccc1CNC(C)(C)C. The molecule has 1 aromatic rings. The molecule has 0 radical (unpaired) electrons. The molecule has 1 N–H and O–H groups in total. The van der Waals surface area contributed by atoms with Crippen molar-refractivity contribution in [3.63, 3.8) is 0 Å². The average molecular weight is 247 g/mol. The molecule has 1 aliphatic heterocycles. The van der Waals surface area contributed by atoms with Crippen LogP contribution in [0.1, 0.15) is 46.1 Å². The number of anilines is 1. The lowest BCUT2D eigenvalue weighted by molar-refractivity contribution is 0.424. The maximum absolute atomic E-state index is 4.30. The fourth-order valence-corrected chi connectivity index (χ4v) is 2.47. The Morgan fingerprint density at radius 1 is 1.44 bits per heavy atom. The highest BCUT2D eigenvalue weighted by Gasteiger charge is 2.23. The van der Waals surface area contributed by atoms with Gasteiger partial charge in [-0.05, 0) is 52.2 Å². The molecule has 2 rings (SSSR count). The zero-order chi connectivity index (χ0) is 13.2. The molecule has 0 spiro atoms. The van der Waals surface area contributed by atoms with Crippen LogP contribution in [-0.4, -0.2) is 23.1 Å². The number of hydrogen-bond acceptors (Lipinski definition) is 3. The van der Waals surface area contributed by atoms with Crippen molar-refractivity contribution in [2.24, 2.45) is 0 Å². The van der Waals surface area contributed by atoms with Crippen LogP contribution in [-0.2, 0) is 6.54 Å². The van der Waals surface area contributed by atoms with Crippen LogP contribution in [0.15, 0.2) is 18.5 Å². The van der Waals surface area contributed by atoms with Gasteiger partial charge >= 0.3 is 0 Å². The number of nitrogens with one attached hydrogen (secondary N) is 1. The highest BCUT2D eigenvalue weighted by Crippen LogP contribution is 2.27. The number of nitrogens with zero attached hydrogens (tertiary/aromatic N) is 2. The minimum atomic E-state index is 0.150. The first kappa shape index (κ1) is 13.3.